The van der Waals surface area contributed by atoms with E-state index in [0.29, 0.717) is 5.84 Å². The number of hydrogen-bond donors (Lipinski definition) is 1. The summed E-state index contributed by atoms with van der Waals surface area (Å²) in [6.45, 7) is 0. The Kier molecular flexibility index (Phi) is 6.30. The third-order valence-electron chi connectivity index (χ3n) is 11.0. The predicted molar refractivity (Wildman–Crippen MR) is 223 cm³/mol. The van der Waals surface area contributed by atoms with E-state index in [4.69, 9.17) is 23.2 Å². The van der Waals surface area contributed by atoms with E-state index in [9.17, 15) is 0 Å². The molecule has 3 aromatic heterocycles. The Morgan fingerprint density at radius 1 is 0.400 bits per heavy atom. The molecule has 55 heavy (non-hydrogen) atoms. The molecule has 11 aromatic rings. The summed E-state index contributed by atoms with van der Waals surface area (Å²) in [7, 11) is 0. The van der Waals surface area contributed by atoms with E-state index in [0.717, 1.165) is 105 Å². The zero-order valence-corrected chi connectivity index (χ0v) is 29.3. The Balaban J connectivity index is 1.11. The number of para-hydroxylation sites is 5. The number of hydrogen-bond acceptors (Lipinski definition) is 6. The van der Waals surface area contributed by atoms with Gasteiger partial charge in [0.15, 0.2) is 6.17 Å². The summed E-state index contributed by atoms with van der Waals surface area (Å²) in [6.07, 6.45) is -0.600. The lowest BCUT2D eigenvalue weighted by Crippen LogP contribution is -2.36. The van der Waals surface area contributed by atoms with Crippen LogP contribution in [0.1, 0.15) is 22.9 Å². The van der Waals surface area contributed by atoms with Crippen LogP contribution in [0.25, 0.3) is 87.7 Å². The molecule has 1 aliphatic rings. The van der Waals surface area contributed by atoms with Crippen molar-refractivity contribution in [1.82, 2.24) is 5.32 Å². The highest BCUT2D eigenvalue weighted by Crippen LogP contribution is 2.44. The fourth-order valence-corrected chi connectivity index (χ4v) is 8.38. The van der Waals surface area contributed by atoms with Gasteiger partial charge in [-0.1, -0.05) is 133 Å². The first kappa shape index (κ1) is 30.1. The fraction of sp³-hybridized carbons (Fsp3) is 0.0204. The number of amidine groups is 2. The van der Waals surface area contributed by atoms with E-state index in [1.54, 1.807) is 0 Å². The highest BCUT2D eigenvalue weighted by Gasteiger charge is 2.28. The van der Waals surface area contributed by atoms with E-state index in [1.165, 1.54) is 5.39 Å². The number of nitrogens with zero attached hydrogens (tertiary/aromatic N) is 2. The second kappa shape index (κ2) is 11.5. The number of fused-ring (bicyclic) bond motifs is 10. The number of rotatable bonds is 4. The van der Waals surface area contributed by atoms with Crippen molar-refractivity contribution in [2.24, 2.45) is 9.98 Å². The molecule has 0 saturated heterocycles. The van der Waals surface area contributed by atoms with Crippen molar-refractivity contribution in [2.75, 3.05) is 0 Å². The van der Waals surface area contributed by atoms with Crippen molar-refractivity contribution in [2.45, 2.75) is 6.17 Å². The minimum Gasteiger partial charge on any atom is -0.455 e. The van der Waals surface area contributed by atoms with Crippen molar-refractivity contribution in [3.05, 3.63) is 180 Å². The standard InChI is InChI=1S/C49H29N3O3/c1-2-12-29-27-30(24-23-28(29)11-1)47-50-48(52-49(51-47)39-19-10-17-34-32-14-4-7-21-41(32)54-45(34)39)38-26-25-36(46-43(38)37-15-5-8-22-42(37)55-46)35-18-9-16-33-31-13-3-6-20-40(31)53-44(33)35/h1-27,48H,(H,50,51,52). The molecule has 4 heterocycles. The molecule has 6 heteroatoms. The quantitative estimate of drug-likeness (QED) is 0.198. The van der Waals surface area contributed by atoms with Gasteiger partial charge in [-0.05, 0) is 41.1 Å². The first-order valence-electron chi connectivity index (χ1n) is 18.4. The predicted octanol–water partition coefficient (Wildman–Crippen LogP) is 12.7. The Morgan fingerprint density at radius 3 is 1.69 bits per heavy atom. The van der Waals surface area contributed by atoms with E-state index >= 15 is 0 Å². The van der Waals surface area contributed by atoms with Crippen LogP contribution in [0.2, 0.25) is 0 Å². The molecule has 0 aliphatic carbocycles. The first-order chi connectivity index (χ1) is 27.2. The van der Waals surface area contributed by atoms with Gasteiger partial charge in [-0.25, -0.2) is 9.98 Å². The van der Waals surface area contributed by atoms with Crippen LogP contribution in [0, 0.1) is 0 Å². The minimum atomic E-state index is -0.600. The monoisotopic (exact) mass is 707 g/mol. The van der Waals surface area contributed by atoms with E-state index < -0.39 is 6.17 Å². The number of nitrogens with one attached hydrogen (secondary N) is 1. The summed E-state index contributed by atoms with van der Waals surface area (Å²) in [4.78, 5) is 10.8. The van der Waals surface area contributed by atoms with Gasteiger partial charge in [0.2, 0.25) is 0 Å². The largest absolute Gasteiger partial charge is 0.455 e. The third-order valence-corrected chi connectivity index (χ3v) is 11.0. The van der Waals surface area contributed by atoms with Gasteiger partial charge in [-0.3, -0.25) is 0 Å². The maximum atomic E-state index is 6.79. The lowest BCUT2D eigenvalue weighted by molar-refractivity contribution is 0.664. The van der Waals surface area contributed by atoms with Gasteiger partial charge in [-0.15, -0.1) is 0 Å². The smallest absolute Gasteiger partial charge is 0.170 e. The summed E-state index contributed by atoms with van der Waals surface area (Å²) in [5, 5.41) is 12.2. The Bertz CT molecular complexity index is 3430. The van der Waals surface area contributed by atoms with Gasteiger partial charge in [0.25, 0.3) is 0 Å². The molecule has 1 unspecified atom stereocenters. The van der Waals surface area contributed by atoms with E-state index in [1.807, 2.05) is 48.5 Å². The van der Waals surface area contributed by atoms with Crippen molar-refractivity contribution < 1.29 is 13.3 Å². The van der Waals surface area contributed by atoms with E-state index in [2.05, 4.69) is 121 Å². The molecule has 1 N–H and O–H groups in total. The molecule has 12 rings (SSSR count). The summed E-state index contributed by atoms with van der Waals surface area (Å²) in [5.41, 5.74) is 9.56. The van der Waals surface area contributed by atoms with Gasteiger partial charge in [0, 0.05) is 54.6 Å². The SMILES string of the molecule is c1ccc2cc(C3=NC(c4ccc(-c5cccc6c5oc5ccccc56)c5oc6ccccc6c45)N=C(c4cccc5c4oc4ccccc45)N3)ccc2c1. The van der Waals surface area contributed by atoms with Gasteiger partial charge < -0.3 is 18.6 Å². The zero-order chi connectivity index (χ0) is 36.0. The van der Waals surface area contributed by atoms with Crippen LogP contribution in [-0.4, -0.2) is 11.7 Å². The molecule has 258 valence electrons. The fourth-order valence-electron chi connectivity index (χ4n) is 8.38. The van der Waals surface area contributed by atoms with Crippen LogP contribution >= 0.6 is 0 Å². The van der Waals surface area contributed by atoms with Crippen LogP contribution in [0.15, 0.2) is 187 Å². The Labute approximate surface area is 313 Å². The van der Waals surface area contributed by atoms with Gasteiger partial charge in [-0.2, -0.15) is 0 Å². The number of benzene rings is 8. The summed E-state index contributed by atoms with van der Waals surface area (Å²) < 4.78 is 19.8. The molecule has 1 atom stereocenters. The molecule has 0 bridgehead atoms. The average Bonchev–Trinajstić information content (AvgIpc) is 3.95. The van der Waals surface area contributed by atoms with E-state index in [-0.39, 0.29) is 0 Å². The molecule has 8 aromatic carbocycles. The molecule has 1 aliphatic heterocycles. The normalized spacial score (nSPS) is 14.7. The van der Waals surface area contributed by atoms with Crippen LogP contribution in [0.4, 0.5) is 0 Å². The second-order valence-electron chi connectivity index (χ2n) is 14.1. The van der Waals surface area contributed by atoms with Gasteiger partial charge >= 0.3 is 0 Å². The summed E-state index contributed by atoms with van der Waals surface area (Å²) >= 11 is 0. The highest BCUT2D eigenvalue weighted by molar-refractivity contribution is 6.22. The lowest BCUT2D eigenvalue weighted by Gasteiger charge is -2.23. The maximum Gasteiger partial charge on any atom is 0.170 e. The average molecular weight is 708 g/mol. The molecule has 0 radical (unpaired) electrons. The lowest BCUT2D eigenvalue weighted by atomic mass is 9.95. The number of furan rings is 3. The van der Waals surface area contributed by atoms with Crippen molar-refractivity contribution in [3.63, 3.8) is 0 Å². The van der Waals surface area contributed by atoms with Crippen LogP contribution < -0.4 is 5.32 Å². The van der Waals surface area contributed by atoms with Crippen LogP contribution in [0.3, 0.4) is 0 Å². The van der Waals surface area contributed by atoms with Crippen molar-refractivity contribution in [3.8, 4) is 11.1 Å². The third kappa shape index (κ3) is 4.55. The van der Waals surface area contributed by atoms with Gasteiger partial charge in [0.05, 0.1) is 5.56 Å². The Morgan fingerprint density at radius 2 is 0.945 bits per heavy atom. The van der Waals surface area contributed by atoms with Gasteiger partial charge in [0.1, 0.15) is 45.2 Å². The van der Waals surface area contributed by atoms with Crippen molar-refractivity contribution >= 4 is 88.3 Å². The molecular weight excluding hydrogens is 679 g/mol. The topological polar surface area (TPSA) is 76.2 Å². The Hall–Kier alpha value is -7.44. The molecular formula is C49H29N3O3. The number of aliphatic imine (C=N–C) groups is 2. The van der Waals surface area contributed by atoms with Crippen molar-refractivity contribution in [1.29, 1.82) is 0 Å². The summed E-state index contributed by atoms with van der Waals surface area (Å²) in [5.74, 6) is 1.41. The molecule has 0 saturated carbocycles. The maximum absolute atomic E-state index is 6.79. The van der Waals surface area contributed by atoms with Crippen LogP contribution in [0.5, 0.6) is 0 Å². The zero-order valence-electron chi connectivity index (χ0n) is 29.3. The molecule has 0 fully saturated rings. The second-order valence-corrected chi connectivity index (χ2v) is 14.1. The minimum absolute atomic E-state index is 0.600. The highest BCUT2D eigenvalue weighted by atomic mass is 16.3. The first-order valence-corrected chi connectivity index (χ1v) is 18.4. The summed E-state index contributed by atoms with van der Waals surface area (Å²) in [6, 6.07) is 56.2. The molecule has 0 spiro atoms. The van der Waals surface area contributed by atoms with Crippen LogP contribution in [-0.2, 0) is 0 Å². The molecule has 6 nitrogen and oxygen atoms in total. The molecule has 0 amide bonds.